The lowest BCUT2D eigenvalue weighted by Crippen LogP contribution is -2.30. The summed E-state index contributed by atoms with van der Waals surface area (Å²) < 4.78 is 33.2. The van der Waals surface area contributed by atoms with Crippen LogP contribution in [0.15, 0.2) is 29.2 Å². The minimum absolute atomic E-state index is 0.0624. The Balaban J connectivity index is 2.12. The third-order valence-corrected chi connectivity index (χ3v) is 5.73. The van der Waals surface area contributed by atoms with Gasteiger partial charge in [-0.25, -0.2) is 8.42 Å². The summed E-state index contributed by atoms with van der Waals surface area (Å²) in [7, 11) is -2.13. The number of fused-ring (bicyclic) bond motifs is 3. The van der Waals surface area contributed by atoms with E-state index in [9.17, 15) is 13.2 Å². The molecule has 0 atom stereocenters. The van der Waals surface area contributed by atoms with Crippen LogP contribution >= 0.6 is 0 Å². The highest BCUT2D eigenvalue weighted by Gasteiger charge is 2.36. The number of ether oxygens (including phenoxy) is 1. The predicted octanol–water partition coefficient (Wildman–Crippen LogP) is 1.95. The van der Waals surface area contributed by atoms with Gasteiger partial charge in [-0.2, -0.15) is 5.10 Å². The first-order valence-electron chi connectivity index (χ1n) is 7.58. The van der Waals surface area contributed by atoms with Gasteiger partial charge in [0.25, 0.3) is 10.0 Å². The van der Waals surface area contributed by atoms with E-state index in [1.54, 1.807) is 45.0 Å². The Kier molecular flexibility index (Phi) is 3.87. The number of aromatic nitrogens is 2. The molecule has 128 valence electrons. The van der Waals surface area contributed by atoms with Crippen molar-refractivity contribution in [2.75, 3.05) is 11.4 Å². The molecule has 1 aromatic carbocycles. The second kappa shape index (κ2) is 5.62. The maximum absolute atomic E-state index is 12.7. The number of rotatable bonds is 3. The van der Waals surface area contributed by atoms with Gasteiger partial charge in [0.1, 0.15) is 17.9 Å². The number of sulfonamides is 1. The molecule has 24 heavy (non-hydrogen) atoms. The molecular weight excluding hydrogens is 330 g/mol. The molecule has 0 saturated heterocycles. The molecule has 0 unspecified atom stereocenters. The van der Waals surface area contributed by atoms with E-state index in [4.69, 9.17) is 4.74 Å². The van der Waals surface area contributed by atoms with Gasteiger partial charge in [-0.1, -0.05) is 18.2 Å². The van der Waals surface area contributed by atoms with Crippen LogP contribution in [0, 0.1) is 6.92 Å². The maximum atomic E-state index is 12.7. The molecule has 3 rings (SSSR count). The van der Waals surface area contributed by atoms with Crippen molar-refractivity contribution in [1.82, 2.24) is 9.78 Å². The molecule has 2 aromatic rings. The lowest BCUT2D eigenvalue weighted by atomic mass is 10.1. The second-order valence-electron chi connectivity index (χ2n) is 5.95. The number of benzene rings is 1. The smallest absolute Gasteiger partial charge is 0.328 e. The molecule has 1 aliphatic heterocycles. The summed E-state index contributed by atoms with van der Waals surface area (Å²) in [5, 5.41) is 4.46. The van der Waals surface area contributed by atoms with Crippen molar-refractivity contribution < 1.29 is 17.9 Å². The Hall–Kier alpha value is -2.35. The number of nitrogens with zero attached hydrogens (tertiary/aromatic N) is 3. The fourth-order valence-electron chi connectivity index (χ4n) is 2.83. The van der Waals surface area contributed by atoms with Gasteiger partial charge < -0.3 is 4.74 Å². The average molecular weight is 349 g/mol. The molecule has 7 nitrogen and oxygen atoms in total. The fraction of sp³-hybridized carbons (Fsp3) is 0.375. The van der Waals surface area contributed by atoms with E-state index in [2.05, 4.69) is 5.10 Å². The third kappa shape index (κ3) is 2.47. The average Bonchev–Trinajstić information content (AvgIpc) is 2.81. The molecule has 1 aliphatic rings. The normalized spacial score (nSPS) is 15.1. The third-order valence-electron chi connectivity index (χ3n) is 3.92. The van der Waals surface area contributed by atoms with Gasteiger partial charge in [0.15, 0.2) is 0 Å². The summed E-state index contributed by atoms with van der Waals surface area (Å²) in [6.45, 7) is 5.23. The van der Waals surface area contributed by atoms with E-state index in [-0.39, 0.29) is 17.5 Å². The zero-order chi connectivity index (χ0) is 17.6. The lowest BCUT2D eigenvalue weighted by molar-refractivity contribution is -0.148. The summed E-state index contributed by atoms with van der Waals surface area (Å²) in [6.07, 6.45) is -0.216. The lowest BCUT2D eigenvalue weighted by Gasteiger charge is -2.26. The number of esters is 1. The Morgan fingerprint density at radius 3 is 2.62 bits per heavy atom. The monoisotopic (exact) mass is 349 g/mol. The van der Waals surface area contributed by atoms with E-state index in [0.717, 1.165) is 0 Å². The van der Waals surface area contributed by atoms with Crippen LogP contribution in [0.5, 0.6) is 0 Å². The minimum atomic E-state index is -3.63. The van der Waals surface area contributed by atoms with Crippen LogP contribution in [0.1, 0.15) is 19.5 Å². The molecule has 8 heteroatoms. The molecule has 0 amide bonds. The van der Waals surface area contributed by atoms with Crippen LogP contribution in [-0.2, 0) is 26.1 Å². The summed E-state index contributed by atoms with van der Waals surface area (Å²) in [6, 6.07) is 6.73. The van der Waals surface area contributed by atoms with Crippen LogP contribution in [0.2, 0.25) is 0 Å². The van der Waals surface area contributed by atoms with E-state index in [1.165, 1.54) is 16.0 Å². The largest absolute Gasteiger partial charge is 0.462 e. The molecule has 0 spiro atoms. The number of hydrogen-bond acceptors (Lipinski definition) is 5. The van der Waals surface area contributed by atoms with Gasteiger partial charge in [0, 0.05) is 12.6 Å². The maximum Gasteiger partial charge on any atom is 0.328 e. The summed E-state index contributed by atoms with van der Waals surface area (Å²) in [4.78, 5) is 12.1. The SMILES string of the molecule is Cc1c2c(nn1CC(=O)OC(C)C)-c1ccccc1S(=O)(=O)N2C. The zero-order valence-corrected chi connectivity index (χ0v) is 14.8. The molecule has 0 N–H and O–H groups in total. The summed E-state index contributed by atoms with van der Waals surface area (Å²) in [5.41, 5.74) is 2.19. The molecule has 2 heterocycles. The highest BCUT2D eigenvalue weighted by Crippen LogP contribution is 2.43. The van der Waals surface area contributed by atoms with E-state index < -0.39 is 16.0 Å². The second-order valence-corrected chi connectivity index (χ2v) is 7.89. The van der Waals surface area contributed by atoms with Crippen molar-refractivity contribution in [2.24, 2.45) is 0 Å². The Bertz CT molecular complexity index is 915. The van der Waals surface area contributed by atoms with Crippen molar-refractivity contribution in [1.29, 1.82) is 0 Å². The number of carbonyl (C=O) groups excluding carboxylic acids is 1. The quantitative estimate of drug-likeness (QED) is 0.791. The molecule has 0 bridgehead atoms. The van der Waals surface area contributed by atoms with Gasteiger partial charge in [-0.15, -0.1) is 0 Å². The molecule has 0 radical (unpaired) electrons. The number of anilines is 1. The Morgan fingerprint density at radius 1 is 1.29 bits per heavy atom. The Labute approximate surface area is 140 Å². The van der Waals surface area contributed by atoms with E-state index >= 15 is 0 Å². The minimum Gasteiger partial charge on any atom is -0.462 e. The zero-order valence-electron chi connectivity index (χ0n) is 14.0. The van der Waals surface area contributed by atoms with Crippen LogP contribution in [0.4, 0.5) is 5.69 Å². The highest BCUT2D eigenvalue weighted by molar-refractivity contribution is 7.93. The molecular formula is C16H19N3O4S. The van der Waals surface area contributed by atoms with Crippen molar-refractivity contribution in [3.63, 3.8) is 0 Å². The van der Waals surface area contributed by atoms with E-state index in [0.29, 0.717) is 22.6 Å². The standard InChI is InChI=1S/C16H19N3O4S/c1-10(2)23-14(20)9-19-11(3)16-15(17-19)12-7-5-6-8-13(12)24(21,22)18(16)4/h5-8,10H,9H2,1-4H3. The van der Waals surface area contributed by atoms with E-state index in [1.807, 2.05) is 0 Å². The molecule has 0 aliphatic carbocycles. The Morgan fingerprint density at radius 2 is 1.96 bits per heavy atom. The first kappa shape index (κ1) is 16.5. The summed E-state index contributed by atoms with van der Waals surface area (Å²) >= 11 is 0. The van der Waals surface area contributed by atoms with Crippen LogP contribution < -0.4 is 4.31 Å². The van der Waals surface area contributed by atoms with Gasteiger partial charge >= 0.3 is 5.97 Å². The van der Waals surface area contributed by atoms with Crippen molar-refractivity contribution in [2.45, 2.75) is 38.3 Å². The molecule has 0 fully saturated rings. The van der Waals surface area contributed by atoms with Gasteiger partial charge in [-0.05, 0) is 26.8 Å². The predicted molar refractivity (Wildman–Crippen MR) is 89.2 cm³/mol. The van der Waals surface area contributed by atoms with Gasteiger partial charge in [-0.3, -0.25) is 13.8 Å². The molecule has 0 saturated carbocycles. The first-order chi connectivity index (χ1) is 11.2. The highest BCUT2D eigenvalue weighted by atomic mass is 32.2. The van der Waals surface area contributed by atoms with Gasteiger partial charge in [0.2, 0.25) is 0 Å². The topological polar surface area (TPSA) is 81.5 Å². The van der Waals surface area contributed by atoms with Crippen LogP contribution in [0.25, 0.3) is 11.3 Å². The molecule has 1 aromatic heterocycles. The van der Waals surface area contributed by atoms with Crippen LogP contribution in [0.3, 0.4) is 0 Å². The van der Waals surface area contributed by atoms with Crippen molar-refractivity contribution in [3.8, 4) is 11.3 Å². The van der Waals surface area contributed by atoms with Gasteiger partial charge in [0.05, 0.1) is 16.7 Å². The first-order valence-corrected chi connectivity index (χ1v) is 9.02. The summed E-state index contributed by atoms with van der Waals surface area (Å²) in [5.74, 6) is -0.410. The van der Waals surface area contributed by atoms with Crippen LogP contribution in [-0.4, -0.2) is 37.3 Å². The number of hydrogen-bond donors (Lipinski definition) is 0. The fourth-order valence-corrected chi connectivity index (χ4v) is 4.27. The van der Waals surface area contributed by atoms with Crippen molar-refractivity contribution >= 4 is 21.7 Å². The van der Waals surface area contributed by atoms with Crippen molar-refractivity contribution in [3.05, 3.63) is 30.0 Å². The number of carbonyl (C=O) groups is 1.